The van der Waals surface area contributed by atoms with Gasteiger partial charge in [0.05, 0.1) is 12.5 Å². The average Bonchev–Trinajstić information content (AvgIpc) is 3.08. The highest BCUT2D eigenvalue weighted by Gasteiger charge is 2.34. The molecule has 298 valence electrons. The summed E-state index contributed by atoms with van der Waals surface area (Å²) >= 11 is 1.05. The van der Waals surface area contributed by atoms with Crippen molar-refractivity contribution in [3.05, 3.63) is 24.3 Å². The molecule has 0 aromatic heterocycles. The molecule has 0 aliphatic rings. The Labute approximate surface area is 317 Å². The fourth-order valence-corrected chi connectivity index (χ4v) is 5.46. The van der Waals surface area contributed by atoms with E-state index in [9.17, 15) is 24.3 Å². The maximum atomic E-state index is 12.4. The molecule has 0 bridgehead atoms. The highest BCUT2D eigenvalue weighted by Crippen LogP contribution is 2.21. The standard InChI is InChI=1S/C38H69N7O6S/c1-6-7-8-9-10-11-12-13-14-15-16-17-18-19-20-21-22-23-24-25-33(48)52-30-42-31(46)26-27-41-35(50)34(49)38(2,3)29-51-28-32(47)43-36(39)44-37(40)45(4)5/h19-20,22-23,34,49H,6-18,21,24-30H2,1-5H3,(H,41,50)(H,42,46)(H4,39,40,43,44,47). The van der Waals surface area contributed by atoms with Crippen molar-refractivity contribution in [2.24, 2.45) is 26.9 Å². The second-order valence-electron chi connectivity index (χ2n) is 13.8. The summed E-state index contributed by atoms with van der Waals surface area (Å²) in [6, 6.07) is 0. The molecule has 0 heterocycles. The minimum Gasteiger partial charge on any atom is -0.383 e. The number of aliphatic hydroxyl groups is 1. The van der Waals surface area contributed by atoms with E-state index in [1.807, 2.05) is 6.08 Å². The van der Waals surface area contributed by atoms with Crippen molar-refractivity contribution < 1.29 is 29.0 Å². The second kappa shape index (κ2) is 31.3. The SMILES string of the molecule is CCCCCCCCCCCCCCC=CCC=CCCC(=O)SCNC(=O)CCNC(=O)C(O)C(C)(C)COCC(=O)N=C(N)N=C(N)N(C)C. The number of guanidine groups is 2. The van der Waals surface area contributed by atoms with E-state index in [0.717, 1.165) is 24.6 Å². The number of hydrogen-bond donors (Lipinski definition) is 5. The normalized spacial score (nSPS) is 13.1. The van der Waals surface area contributed by atoms with Crippen molar-refractivity contribution in [2.45, 2.75) is 136 Å². The summed E-state index contributed by atoms with van der Waals surface area (Å²) in [7, 11) is 3.30. The number of nitrogens with one attached hydrogen (secondary N) is 2. The van der Waals surface area contributed by atoms with Crippen LogP contribution in [0.3, 0.4) is 0 Å². The number of ether oxygens (including phenoxy) is 1. The van der Waals surface area contributed by atoms with Crippen LogP contribution in [0.2, 0.25) is 0 Å². The van der Waals surface area contributed by atoms with Gasteiger partial charge in [-0.2, -0.15) is 9.98 Å². The van der Waals surface area contributed by atoms with Gasteiger partial charge < -0.3 is 36.8 Å². The molecular weight excluding hydrogens is 683 g/mol. The zero-order chi connectivity index (χ0) is 39.0. The number of allylic oxidation sites excluding steroid dienone is 4. The summed E-state index contributed by atoms with van der Waals surface area (Å²) < 4.78 is 5.33. The summed E-state index contributed by atoms with van der Waals surface area (Å²) in [5, 5.41) is 15.7. The van der Waals surface area contributed by atoms with Gasteiger partial charge in [-0.25, -0.2) is 0 Å². The summed E-state index contributed by atoms with van der Waals surface area (Å²) in [6.45, 7) is 4.88. The molecule has 14 heteroatoms. The van der Waals surface area contributed by atoms with Crippen molar-refractivity contribution in [1.29, 1.82) is 0 Å². The van der Waals surface area contributed by atoms with Gasteiger partial charge in [-0.1, -0.05) is 127 Å². The highest BCUT2D eigenvalue weighted by molar-refractivity contribution is 8.13. The molecule has 1 unspecified atom stereocenters. The Bertz CT molecular complexity index is 1140. The van der Waals surface area contributed by atoms with Crippen molar-refractivity contribution in [2.75, 3.05) is 39.7 Å². The predicted molar refractivity (Wildman–Crippen MR) is 214 cm³/mol. The number of amides is 3. The van der Waals surface area contributed by atoms with E-state index in [-0.39, 0.29) is 48.4 Å². The Kier molecular flexibility index (Phi) is 29.4. The molecule has 0 rings (SSSR count). The minimum atomic E-state index is -1.47. The van der Waals surface area contributed by atoms with Crippen LogP contribution in [0, 0.1) is 5.41 Å². The van der Waals surface area contributed by atoms with Crippen molar-refractivity contribution in [3.8, 4) is 0 Å². The van der Waals surface area contributed by atoms with Gasteiger partial charge in [-0.3, -0.25) is 19.2 Å². The first-order valence-electron chi connectivity index (χ1n) is 18.9. The largest absolute Gasteiger partial charge is 0.383 e. The van der Waals surface area contributed by atoms with E-state index in [4.69, 9.17) is 16.2 Å². The molecule has 52 heavy (non-hydrogen) atoms. The van der Waals surface area contributed by atoms with Crippen molar-refractivity contribution in [3.63, 3.8) is 0 Å². The molecule has 1 atom stereocenters. The molecule has 0 fully saturated rings. The fourth-order valence-electron chi connectivity index (χ4n) is 4.80. The third-order valence-electron chi connectivity index (χ3n) is 8.11. The van der Waals surface area contributed by atoms with E-state index in [2.05, 4.69) is 45.8 Å². The first-order chi connectivity index (χ1) is 24.8. The summed E-state index contributed by atoms with van der Waals surface area (Å²) in [5.74, 6) is -1.82. The Hall–Kier alpha value is -3.23. The molecule has 0 aromatic carbocycles. The molecule has 0 aliphatic carbocycles. The van der Waals surface area contributed by atoms with Crippen LogP contribution in [0.5, 0.6) is 0 Å². The van der Waals surface area contributed by atoms with Gasteiger partial charge in [0.2, 0.25) is 17.8 Å². The van der Waals surface area contributed by atoms with E-state index in [1.165, 1.54) is 81.9 Å². The van der Waals surface area contributed by atoms with E-state index < -0.39 is 29.9 Å². The van der Waals surface area contributed by atoms with E-state index in [1.54, 1.807) is 27.9 Å². The lowest BCUT2D eigenvalue weighted by Gasteiger charge is -2.29. The Balaban J connectivity index is 3.94. The van der Waals surface area contributed by atoms with Gasteiger partial charge in [-0.15, -0.1) is 0 Å². The number of hydrogen-bond acceptors (Lipinski definition) is 7. The zero-order valence-corrected chi connectivity index (χ0v) is 33.4. The Morgan fingerprint density at radius 1 is 0.827 bits per heavy atom. The number of aliphatic hydroxyl groups excluding tert-OH is 1. The lowest BCUT2D eigenvalue weighted by Crippen LogP contribution is -2.46. The number of nitrogens with zero attached hydrogens (tertiary/aromatic N) is 3. The first kappa shape index (κ1) is 48.8. The van der Waals surface area contributed by atoms with Crippen LogP contribution in [0.25, 0.3) is 0 Å². The van der Waals surface area contributed by atoms with Crippen LogP contribution in [-0.2, 0) is 23.9 Å². The third kappa shape index (κ3) is 28.4. The monoisotopic (exact) mass is 752 g/mol. The van der Waals surface area contributed by atoms with Crippen LogP contribution in [0.4, 0.5) is 0 Å². The second-order valence-corrected chi connectivity index (χ2v) is 14.8. The molecule has 7 N–H and O–H groups in total. The Morgan fingerprint density at radius 2 is 1.40 bits per heavy atom. The molecule has 0 aliphatic heterocycles. The van der Waals surface area contributed by atoms with E-state index >= 15 is 0 Å². The average molecular weight is 752 g/mol. The van der Waals surface area contributed by atoms with Gasteiger partial charge in [0.25, 0.3) is 5.91 Å². The number of nitrogens with two attached hydrogens (primary N) is 2. The van der Waals surface area contributed by atoms with Crippen LogP contribution in [-0.4, -0.2) is 90.6 Å². The fraction of sp³-hybridized carbons (Fsp3) is 0.737. The maximum absolute atomic E-state index is 12.4. The van der Waals surface area contributed by atoms with Crippen molar-refractivity contribution in [1.82, 2.24) is 15.5 Å². The molecular formula is C38H69N7O6S. The molecule has 0 aromatic rings. The van der Waals surface area contributed by atoms with Crippen LogP contribution in [0.1, 0.15) is 130 Å². The van der Waals surface area contributed by atoms with Crippen LogP contribution >= 0.6 is 11.8 Å². The van der Waals surface area contributed by atoms with Gasteiger partial charge in [0.15, 0.2) is 11.1 Å². The molecule has 0 saturated heterocycles. The molecule has 0 saturated carbocycles. The summed E-state index contributed by atoms with van der Waals surface area (Å²) in [5.41, 5.74) is 10.1. The highest BCUT2D eigenvalue weighted by atomic mass is 32.2. The quantitative estimate of drug-likeness (QED) is 0.0219. The number of rotatable bonds is 29. The van der Waals surface area contributed by atoms with Crippen molar-refractivity contribution >= 4 is 46.5 Å². The van der Waals surface area contributed by atoms with Gasteiger partial charge in [0, 0.05) is 38.9 Å². The number of carbonyl (C=O) groups excluding carboxylic acids is 4. The smallest absolute Gasteiger partial charge is 0.274 e. The zero-order valence-electron chi connectivity index (χ0n) is 32.6. The predicted octanol–water partition coefficient (Wildman–Crippen LogP) is 5.32. The minimum absolute atomic E-state index is 0.00104. The molecule has 0 spiro atoms. The topological polar surface area (TPSA) is 202 Å². The molecule has 3 amide bonds. The number of unbranched alkanes of at least 4 members (excludes halogenated alkanes) is 12. The number of carbonyl (C=O) groups is 4. The van der Waals surface area contributed by atoms with Gasteiger partial charge in [-0.05, 0) is 25.7 Å². The number of thioether (sulfide) groups is 1. The maximum Gasteiger partial charge on any atom is 0.274 e. The van der Waals surface area contributed by atoms with Crippen LogP contribution in [0.15, 0.2) is 34.3 Å². The first-order valence-corrected chi connectivity index (χ1v) is 19.9. The lowest BCUT2D eigenvalue weighted by molar-refractivity contribution is -0.139. The molecule has 13 nitrogen and oxygen atoms in total. The lowest BCUT2D eigenvalue weighted by atomic mass is 9.87. The summed E-state index contributed by atoms with van der Waals surface area (Å²) in [4.78, 5) is 57.5. The van der Waals surface area contributed by atoms with Gasteiger partial charge in [0.1, 0.15) is 12.7 Å². The molecule has 0 radical (unpaired) electrons. The Morgan fingerprint density at radius 3 is 2.00 bits per heavy atom. The van der Waals surface area contributed by atoms with Crippen LogP contribution < -0.4 is 22.1 Å². The van der Waals surface area contributed by atoms with Gasteiger partial charge >= 0.3 is 0 Å². The third-order valence-corrected chi connectivity index (χ3v) is 8.93. The summed E-state index contributed by atoms with van der Waals surface area (Å²) in [6.07, 6.45) is 26.4. The number of aliphatic imine (C=N–C) groups is 2. The van der Waals surface area contributed by atoms with E-state index in [0.29, 0.717) is 12.8 Å².